The van der Waals surface area contributed by atoms with E-state index in [-0.39, 0.29) is 20.4 Å². The van der Waals surface area contributed by atoms with Gasteiger partial charge in [-0.05, 0) is 24.3 Å². The Hall–Kier alpha value is -1.57. The van der Waals surface area contributed by atoms with Gasteiger partial charge >= 0.3 is 5.97 Å². The van der Waals surface area contributed by atoms with Crippen LogP contribution in [0.3, 0.4) is 0 Å². The lowest BCUT2D eigenvalue weighted by atomic mass is 10.4. The van der Waals surface area contributed by atoms with Crippen molar-refractivity contribution in [3.8, 4) is 0 Å². The van der Waals surface area contributed by atoms with E-state index in [2.05, 4.69) is 0 Å². The number of carboxylic acids is 1. The fourth-order valence-corrected chi connectivity index (χ4v) is 4.14. The Labute approximate surface area is 118 Å². The summed E-state index contributed by atoms with van der Waals surface area (Å²) in [4.78, 5) is 10.5. The fourth-order valence-electron chi connectivity index (χ4n) is 1.47. The van der Waals surface area contributed by atoms with Crippen molar-refractivity contribution in [3.05, 3.63) is 39.5 Å². The molecule has 1 aromatic carbocycles. The van der Waals surface area contributed by atoms with Crippen LogP contribution in [0.5, 0.6) is 0 Å². The van der Waals surface area contributed by atoms with Crippen molar-refractivity contribution in [2.75, 3.05) is 5.73 Å². The molecule has 0 aliphatic carbocycles. The molecule has 0 saturated heterocycles. The van der Waals surface area contributed by atoms with Crippen molar-refractivity contribution in [1.82, 2.24) is 0 Å². The van der Waals surface area contributed by atoms with E-state index < -0.39 is 15.8 Å². The van der Waals surface area contributed by atoms with E-state index in [0.29, 0.717) is 5.02 Å². The Kier molecular flexibility index (Phi) is 3.53. The number of anilines is 1. The predicted octanol–water partition coefficient (Wildman–Crippen LogP) is 2.51. The maximum atomic E-state index is 12.3. The molecule has 100 valence electrons. The minimum Gasteiger partial charge on any atom is -0.477 e. The van der Waals surface area contributed by atoms with Gasteiger partial charge in [0, 0.05) is 10.4 Å². The average molecular weight is 318 g/mol. The van der Waals surface area contributed by atoms with Gasteiger partial charge in [0.25, 0.3) is 0 Å². The normalized spacial score (nSPS) is 11.4. The summed E-state index contributed by atoms with van der Waals surface area (Å²) in [6.07, 6.45) is 0. The van der Waals surface area contributed by atoms with Crippen molar-refractivity contribution in [1.29, 1.82) is 0 Å². The molecular formula is C11H8ClNO4S2. The molecule has 0 amide bonds. The highest BCUT2D eigenvalue weighted by Gasteiger charge is 2.25. The molecule has 0 saturated carbocycles. The minimum atomic E-state index is -3.84. The molecule has 1 heterocycles. The highest BCUT2D eigenvalue weighted by atomic mass is 35.5. The maximum Gasteiger partial charge on any atom is 0.348 e. The molecule has 0 fully saturated rings. The van der Waals surface area contributed by atoms with E-state index >= 15 is 0 Å². The van der Waals surface area contributed by atoms with Crippen molar-refractivity contribution >= 4 is 44.4 Å². The molecule has 2 aromatic rings. The Morgan fingerprint density at radius 3 is 2.32 bits per heavy atom. The smallest absolute Gasteiger partial charge is 0.348 e. The van der Waals surface area contributed by atoms with Crippen LogP contribution < -0.4 is 5.73 Å². The monoisotopic (exact) mass is 317 g/mol. The van der Waals surface area contributed by atoms with Crippen LogP contribution in [0.2, 0.25) is 5.02 Å². The maximum absolute atomic E-state index is 12.3. The van der Waals surface area contributed by atoms with Gasteiger partial charge in [0.1, 0.15) is 9.77 Å². The van der Waals surface area contributed by atoms with Gasteiger partial charge in [-0.2, -0.15) is 0 Å². The summed E-state index contributed by atoms with van der Waals surface area (Å²) in [5.41, 5.74) is 5.34. The van der Waals surface area contributed by atoms with Gasteiger partial charge in [0.05, 0.1) is 10.6 Å². The molecule has 0 radical (unpaired) electrons. The molecular weight excluding hydrogens is 310 g/mol. The molecule has 8 heteroatoms. The van der Waals surface area contributed by atoms with Crippen LogP contribution in [0.15, 0.2) is 39.4 Å². The molecule has 2 rings (SSSR count). The van der Waals surface area contributed by atoms with Crippen molar-refractivity contribution in [2.24, 2.45) is 0 Å². The van der Waals surface area contributed by atoms with E-state index in [1.54, 1.807) is 0 Å². The third-order valence-corrected chi connectivity index (χ3v) is 5.60. The zero-order valence-electron chi connectivity index (χ0n) is 9.33. The molecule has 5 nitrogen and oxygen atoms in total. The van der Waals surface area contributed by atoms with Crippen LogP contribution in [0.1, 0.15) is 9.67 Å². The van der Waals surface area contributed by atoms with Gasteiger partial charge in [-0.15, -0.1) is 11.3 Å². The van der Waals surface area contributed by atoms with E-state index in [1.165, 1.54) is 29.6 Å². The molecule has 3 N–H and O–H groups in total. The van der Waals surface area contributed by atoms with Gasteiger partial charge in [-0.25, -0.2) is 13.2 Å². The first-order valence-electron chi connectivity index (χ1n) is 4.95. The van der Waals surface area contributed by atoms with E-state index in [9.17, 15) is 13.2 Å². The summed E-state index contributed by atoms with van der Waals surface area (Å²) >= 11 is 6.47. The number of thiophene rings is 1. The lowest BCUT2D eigenvalue weighted by Gasteiger charge is -2.04. The first-order chi connectivity index (χ1) is 8.84. The SMILES string of the molecule is Nc1c(S(=O)(=O)c2ccc(Cl)cc2)csc1C(=O)O. The van der Waals surface area contributed by atoms with Gasteiger partial charge in [-0.3, -0.25) is 0 Å². The molecule has 0 atom stereocenters. The Morgan fingerprint density at radius 1 is 1.26 bits per heavy atom. The number of carbonyl (C=O) groups is 1. The second kappa shape index (κ2) is 4.84. The standard InChI is InChI=1S/C11H8ClNO4S2/c12-6-1-3-7(4-2-6)19(16,17)8-5-18-10(9(8)13)11(14)15/h1-5H,13H2,(H,14,15). The van der Waals surface area contributed by atoms with Gasteiger partial charge in [0.15, 0.2) is 0 Å². The quantitative estimate of drug-likeness (QED) is 0.906. The lowest BCUT2D eigenvalue weighted by Crippen LogP contribution is -2.05. The Bertz CT molecular complexity index is 735. The number of rotatable bonds is 3. The van der Waals surface area contributed by atoms with Crippen LogP contribution in [0.4, 0.5) is 5.69 Å². The minimum absolute atomic E-state index is 0.0124. The number of benzene rings is 1. The second-order valence-electron chi connectivity index (χ2n) is 3.61. The van der Waals surface area contributed by atoms with E-state index in [4.69, 9.17) is 22.4 Å². The van der Waals surface area contributed by atoms with Crippen LogP contribution in [0.25, 0.3) is 0 Å². The first-order valence-corrected chi connectivity index (χ1v) is 7.69. The van der Waals surface area contributed by atoms with Gasteiger partial charge < -0.3 is 10.8 Å². The van der Waals surface area contributed by atoms with Crippen LogP contribution in [-0.2, 0) is 9.84 Å². The summed E-state index contributed by atoms with van der Waals surface area (Å²) in [7, 11) is -3.84. The fraction of sp³-hybridized carbons (Fsp3) is 0. The molecule has 1 aromatic heterocycles. The number of nitrogens with two attached hydrogens (primary N) is 1. The third-order valence-electron chi connectivity index (χ3n) is 2.40. The number of halogens is 1. The predicted molar refractivity (Wildman–Crippen MR) is 72.6 cm³/mol. The molecule has 0 aliphatic rings. The van der Waals surface area contributed by atoms with Crippen molar-refractivity contribution in [2.45, 2.75) is 9.79 Å². The molecule has 19 heavy (non-hydrogen) atoms. The first kappa shape index (κ1) is 13.9. The van der Waals surface area contributed by atoms with Crippen LogP contribution in [-0.4, -0.2) is 19.5 Å². The summed E-state index contributed by atoms with van der Waals surface area (Å²) in [6, 6.07) is 5.56. The average Bonchev–Trinajstić information content (AvgIpc) is 2.72. The molecule has 0 aliphatic heterocycles. The number of aromatic carboxylic acids is 1. The van der Waals surface area contributed by atoms with Gasteiger partial charge in [0.2, 0.25) is 9.84 Å². The summed E-state index contributed by atoms with van der Waals surface area (Å²) in [5, 5.41) is 10.5. The number of carboxylic acid groups (broad SMARTS) is 1. The summed E-state index contributed by atoms with van der Waals surface area (Å²) in [5.74, 6) is -1.25. The van der Waals surface area contributed by atoms with Gasteiger partial charge in [-0.1, -0.05) is 11.6 Å². The largest absolute Gasteiger partial charge is 0.477 e. The van der Waals surface area contributed by atoms with Crippen molar-refractivity contribution < 1.29 is 18.3 Å². The van der Waals surface area contributed by atoms with Crippen LogP contribution in [0, 0.1) is 0 Å². The molecule has 0 unspecified atom stereocenters. The summed E-state index contributed by atoms with van der Waals surface area (Å²) < 4.78 is 24.6. The zero-order valence-corrected chi connectivity index (χ0v) is 11.7. The lowest BCUT2D eigenvalue weighted by molar-refractivity contribution is 0.0703. The highest BCUT2D eigenvalue weighted by Crippen LogP contribution is 2.33. The number of sulfone groups is 1. The number of hydrogen-bond donors (Lipinski definition) is 2. The van der Waals surface area contributed by atoms with E-state index in [0.717, 1.165) is 11.3 Å². The number of nitrogen functional groups attached to an aromatic ring is 1. The molecule has 0 bridgehead atoms. The van der Waals surface area contributed by atoms with E-state index in [1.807, 2.05) is 0 Å². The molecule has 0 spiro atoms. The highest BCUT2D eigenvalue weighted by molar-refractivity contribution is 7.91. The zero-order chi connectivity index (χ0) is 14.2. The topological polar surface area (TPSA) is 97.5 Å². The van der Waals surface area contributed by atoms with Crippen LogP contribution >= 0.6 is 22.9 Å². The summed E-state index contributed by atoms with van der Waals surface area (Å²) in [6.45, 7) is 0. The Morgan fingerprint density at radius 2 is 1.84 bits per heavy atom. The van der Waals surface area contributed by atoms with Crippen molar-refractivity contribution in [3.63, 3.8) is 0 Å². The third kappa shape index (κ3) is 2.44. The Balaban J connectivity index is 2.57. The second-order valence-corrected chi connectivity index (χ2v) is 6.84. The number of hydrogen-bond acceptors (Lipinski definition) is 5.